The third kappa shape index (κ3) is 2.35. The molecule has 2 atom stereocenters. The molecule has 114 valence electrons. The van der Waals surface area contributed by atoms with Crippen molar-refractivity contribution in [2.75, 3.05) is 23.5 Å². The van der Waals surface area contributed by atoms with Crippen molar-refractivity contribution < 1.29 is 9.53 Å². The highest BCUT2D eigenvalue weighted by atomic mass is 16.5. The molecule has 1 heterocycles. The Kier molecular flexibility index (Phi) is 3.32. The summed E-state index contributed by atoms with van der Waals surface area (Å²) in [6, 6.07) is 4.25. The highest BCUT2D eigenvalue weighted by Gasteiger charge is 2.48. The number of benzene rings is 1. The van der Waals surface area contributed by atoms with E-state index in [4.69, 9.17) is 10.5 Å². The number of amides is 1. The summed E-state index contributed by atoms with van der Waals surface area (Å²) in [6.07, 6.45) is 2.52. The van der Waals surface area contributed by atoms with E-state index in [0.717, 1.165) is 35.5 Å². The number of nitrogen functional groups attached to an aromatic ring is 1. The van der Waals surface area contributed by atoms with Gasteiger partial charge in [0.1, 0.15) is 0 Å². The summed E-state index contributed by atoms with van der Waals surface area (Å²) in [5.41, 5.74) is 9.84. The van der Waals surface area contributed by atoms with Gasteiger partial charge in [-0.1, -0.05) is 13.8 Å². The zero-order chi connectivity index (χ0) is 15.2. The van der Waals surface area contributed by atoms with Crippen molar-refractivity contribution in [3.8, 4) is 0 Å². The fourth-order valence-corrected chi connectivity index (χ4v) is 3.29. The number of rotatable bonds is 3. The number of carbonyl (C=O) groups is 1. The lowest BCUT2D eigenvalue weighted by atomic mass is 9.64. The number of nitrogens with one attached hydrogen (secondary N) is 2. The molecule has 21 heavy (non-hydrogen) atoms. The summed E-state index contributed by atoms with van der Waals surface area (Å²) in [4.78, 5) is 11.5. The van der Waals surface area contributed by atoms with Gasteiger partial charge in [-0.05, 0) is 30.5 Å². The van der Waals surface area contributed by atoms with Gasteiger partial charge in [-0.3, -0.25) is 4.79 Å². The normalized spacial score (nSPS) is 26.5. The Bertz CT molecular complexity index is 583. The SMILES string of the molecule is COC1CC(Nc2cc3c(cc2N)CCC(=O)N3)C1(C)C. The van der Waals surface area contributed by atoms with Gasteiger partial charge < -0.3 is 21.1 Å². The monoisotopic (exact) mass is 289 g/mol. The van der Waals surface area contributed by atoms with Crippen molar-refractivity contribution in [1.82, 2.24) is 0 Å². The van der Waals surface area contributed by atoms with Crippen LogP contribution in [0, 0.1) is 5.41 Å². The summed E-state index contributed by atoms with van der Waals surface area (Å²) in [6.45, 7) is 4.39. The second kappa shape index (κ2) is 4.91. The van der Waals surface area contributed by atoms with Crippen molar-refractivity contribution in [1.29, 1.82) is 0 Å². The van der Waals surface area contributed by atoms with E-state index >= 15 is 0 Å². The molecule has 0 saturated heterocycles. The smallest absolute Gasteiger partial charge is 0.224 e. The zero-order valence-corrected chi connectivity index (χ0v) is 12.8. The van der Waals surface area contributed by atoms with Gasteiger partial charge in [-0.25, -0.2) is 0 Å². The molecule has 1 amide bonds. The van der Waals surface area contributed by atoms with Crippen LogP contribution in [-0.2, 0) is 16.0 Å². The Hall–Kier alpha value is -1.75. The molecule has 5 nitrogen and oxygen atoms in total. The van der Waals surface area contributed by atoms with E-state index in [2.05, 4.69) is 24.5 Å². The van der Waals surface area contributed by atoms with Gasteiger partial charge in [0, 0.05) is 30.7 Å². The average Bonchev–Trinajstić information content (AvgIpc) is 2.43. The van der Waals surface area contributed by atoms with E-state index in [1.54, 1.807) is 7.11 Å². The van der Waals surface area contributed by atoms with E-state index in [0.29, 0.717) is 12.5 Å². The Morgan fingerprint density at radius 2 is 2.14 bits per heavy atom. The third-order valence-corrected chi connectivity index (χ3v) is 4.96. The van der Waals surface area contributed by atoms with Crippen LogP contribution >= 0.6 is 0 Å². The number of hydrogen-bond acceptors (Lipinski definition) is 4. The van der Waals surface area contributed by atoms with Crippen LogP contribution in [0.2, 0.25) is 0 Å². The standard InChI is InChI=1S/C16H23N3O2/c1-16(2)13(8-14(16)21-3)18-12-7-11-9(6-10(12)17)4-5-15(20)19-11/h6-7,13-14,18H,4-5,8,17H2,1-3H3,(H,19,20). The minimum Gasteiger partial charge on any atom is -0.397 e. The van der Waals surface area contributed by atoms with Crippen molar-refractivity contribution in [3.63, 3.8) is 0 Å². The van der Waals surface area contributed by atoms with Gasteiger partial charge in [-0.2, -0.15) is 0 Å². The number of nitrogens with two attached hydrogens (primary N) is 1. The number of aryl methyl sites for hydroxylation is 1. The maximum atomic E-state index is 11.5. The van der Waals surface area contributed by atoms with Gasteiger partial charge in [0.2, 0.25) is 5.91 Å². The molecule has 1 fully saturated rings. The number of methoxy groups -OCH3 is 1. The Labute approximate surface area is 125 Å². The molecule has 2 aliphatic rings. The molecule has 1 aromatic carbocycles. The first kappa shape index (κ1) is 14.2. The van der Waals surface area contributed by atoms with Crippen LogP contribution in [0.25, 0.3) is 0 Å². The molecular formula is C16H23N3O2. The molecule has 1 aliphatic heterocycles. The van der Waals surface area contributed by atoms with E-state index in [-0.39, 0.29) is 17.4 Å². The number of hydrogen-bond donors (Lipinski definition) is 3. The van der Waals surface area contributed by atoms with E-state index in [1.165, 1.54) is 0 Å². The topological polar surface area (TPSA) is 76.4 Å². The van der Waals surface area contributed by atoms with Gasteiger partial charge >= 0.3 is 0 Å². The van der Waals surface area contributed by atoms with E-state index in [9.17, 15) is 4.79 Å². The minimum absolute atomic E-state index is 0.0698. The molecule has 3 rings (SSSR count). The maximum Gasteiger partial charge on any atom is 0.224 e. The minimum atomic E-state index is 0.0698. The van der Waals surface area contributed by atoms with Gasteiger partial charge in [0.05, 0.1) is 17.5 Å². The molecule has 0 radical (unpaired) electrons. The molecule has 1 aliphatic carbocycles. The molecule has 4 N–H and O–H groups in total. The lowest BCUT2D eigenvalue weighted by Gasteiger charge is -2.51. The first-order valence-electron chi connectivity index (χ1n) is 7.43. The summed E-state index contributed by atoms with van der Waals surface area (Å²) < 4.78 is 5.48. The Morgan fingerprint density at radius 3 is 2.81 bits per heavy atom. The molecule has 5 heteroatoms. The summed E-state index contributed by atoms with van der Waals surface area (Å²) in [5.74, 6) is 0.0710. The molecule has 1 saturated carbocycles. The Morgan fingerprint density at radius 1 is 1.38 bits per heavy atom. The number of ether oxygens (including phenoxy) is 1. The van der Waals surface area contributed by atoms with Crippen LogP contribution in [0.3, 0.4) is 0 Å². The van der Waals surface area contributed by atoms with Gasteiger partial charge in [-0.15, -0.1) is 0 Å². The largest absolute Gasteiger partial charge is 0.397 e. The van der Waals surface area contributed by atoms with E-state index < -0.39 is 0 Å². The van der Waals surface area contributed by atoms with Crippen LogP contribution in [0.5, 0.6) is 0 Å². The third-order valence-electron chi connectivity index (χ3n) is 4.96. The van der Waals surface area contributed by atoms with Gasteiger partial charge in [0.15, 0.2) is 0 Å². The predicted molar refractivity (Wildman–Crippen MR) is 84.4 cm³/mol. The summed E-state index contributed by atoms with van der Waals surface area (Å²) >= 11 is 0. The Balaban J connectivity index is 1.81. The fourth-order valence-electron chi connectivity index (χ4n) is 3.29. The first-order chi connectivity index (χ1) is 9.91. The van der Waals surface area contributed by atoms with Crippen LogP contribution < -0.4 is 16.4 Å². The van der Waals surface area contributed by atoms with Crippen LogP contribution in [0.4, 0.5) is 17.1 Å². The predicted octanol–water partition coefficient (Wildman–Crippen LogP) is 2.38. The lowest BCUT2D eigenvalue weighted by molar-refractivity contribution is -0.116. The summed E-state index contributed by atoms with van der Waals surface area (Å²) in [7, 11) is 1.76. The molecule has 2 unspecified atom stereocenters. The van der Waals surface area contributed by atoms with Crippen LogP contribution in [-0.4, -0.2) is 25.2 Å². The molecule has 0 bridgehead atoms. The van der Waals surface area contributed by atoms with Crippen molar-refractivity contribution >= 4 is 23.0 Å². The van der Waals surface area contributed by atoms with Crippen molar-refractivity contribution in [2.24, 2.45) is 5.41 Å². The summed E-state index contributed by atoms with van der Waals surface area (Å²) in [5, 5.41) is 6.43. The molecule has 0 spiro atoms. The highest BCUT2D eigenvalue weighted by Crippen LogP contribution is 2.45. The zero-order valence-electron chi connectivity index (χ0n) is 12.8. The molecule has 0 aromatic heterocycles. The van der Waals surface area contributed by atoms with Crippen LogP contribution in [0.15, 0.2) is 12.1 Å². The van der Waals surface area contributed by atoms with E-state index in [1.807, 2.05) is 12.1 Å². The second-order valence-electron chi connectivity index (χ2n) is 6.62. The van der Waals surface area contributed by atoms with Crippen molar-refractivity contribution in [3.05, 3.63) is 17.7 Å². The van der Waals surface area contributed by atoms with Crippen molar-refractivity contribution in [2.45, 2.75) is 45.3 Å². The number of anilines is 3. The number of fused-ring (bicyclic) bond motifs is 1. The fraction of sp³-hybridized carbons (Fsp3) is 0.562. The van der Waals surface area contributed by atoms with Gasteiger partial charge in [0.25, 0.3) is 0 Å². The molecule has 1 aromatic rings. The van der Waals surface area contributed by atoms with Crippen LogP contribution in [0.1, 0.15) is 32.3 Å². The average molecular weight is 289 g/mol. The maximum absolute atomic E-state index is 11.5. The molecular weight excluding hydrogens is 266 g/mol. The highest BCUT2D eigenvalue weighted by molar-refractivity contribution is 5.95. The first-order valence-corrected chi connectivity index (χ1v) is 7.43. The lowest BCUT2D eigenvalue weighted by Crippen LogP contribution is -2.57. The quantitative estimate of drug-likeness (QED) is 0.747. The number of carbonyl (C=O) groups excluding carboxylic acids is 1. The second-order valence-corrected chi connectivity index (χ2v) is 6.62.